The fraction of sp³-hybridized carbons (Fsp3) is 0.312. The van der Waals surface area contributed by atoms with E-state index >= 15 is 0 Å². The maximum absolute atomic E-state index is 12.4. The van der Waals surface area contributed by atoms with Gasteiger partial charge >= 0.3 is 0 Å². The summed E-state index contributed by atoms with van der Waals surface area (Å²) in [6.45, 7) is 5.35. The highest BCUT2D eigenvalue weighted by Crippen LogP contribution is 2.34. The van der Waals surface area contributed by atoms with E-state index in [0.29, 0.717) is 40.7 Å². The average Bonchev–Trinajstić information content (AvgIpc) is 3.06. The predicted octanol–water partition coefficient (Wildman–Crippen LogP) is 3.60. The van der Waals surface area contributed by atoms with E-state index in [1.165, 1.54) is 7.11 Å². The molecule has 2 aromatic rings. The summed E-state index contributed by atoms with van der Waals surface area (Å²) in [7, 11) is 1.52. The van der Waals surface area contributed by atoms with E-state index in [4.69, 9.17) is 20.8 Å². The van der Waals surface area contributed by atoms with Gasteiger partial charge in [0.1, 0.15) is 11.5 Å². The maximum atomic E-state index is 12.4. The highest BCUT2D eigenvalue weighted by Gasteiger charge is 2.18. The molecule has 0 aliphatic heterocycles. The van der Waals surface area contributed by atoms with Crippen LogP contribution >= 0.6 is 11.6 Å². The smallest absolute Gasteiger partial charge is 0.269 e. The Morgan fingerprint density at radius 1 is 1.36 bits per heavy atom. The van der Waals surface area contributed by atoms with Crippen LogP contribution in [0, 0.1) is 0 Å². The minimum atomic E-state index is -0.256. The third-order valence-electron chi connectivity index (χ3n) is 3.34. The fourth-order valence-corrected chi connectivity index (χ4v) is 2.36. The van der Waals surface area contributed by atoms with E-state index in [1.54, 1.807) is 35.5 Å². The molecule has 0 aliphatic rings. The molecule has 1 aromatic carbocycles. The summed E-state index contributed by atoms with van der Waals surface area (Å²) in [6.07, 6.45) is 1.57. The van der Waals surface area contributed by atoms with Crippen molar-refractivity contribution in [3.63, 3.8) is 0 Å². The van der Waals surface area contributed by atoms with Crippen LogP contribution in [0.15, 0.2) is 34.9 Å². The number of hydrazine groups is 1. The van der Waals surface area contributed by atoms with Gasteiger partial charge in [-0.3, -0.25) is 10.2 Å². The molecule has 0 saturated carbocycles. The Hall–Kier alpha value is -1.98. The van der Waals surface area contributed by atoms with Crippen LogP contribution in [0.1, 0.15) is 24.2 Å². The molecule has 0 saturated heterocycles. The summed E-state index contributed by atoms with van der Waals surface area (Å²) in [5, 5.41) is 2.23. The number of nitrogens with one attached hydrogen (secondary N) is 1. The first-order valence-electron chi connectivity index (χ1n) is 7.08. The molecule has 2 rings (SSSR count). The molecule has 0 spiro atoms. The number of furan rings is 1. The van der Waals surface area contributed by atoms with Crippen molar-refractivity contribution >= 4 is 17.5 Å². The van der Waals surface area contributed by atoms with Gasteiger partial charge < -0.3 is 9.15 Å². The van der Waals surface area contributed by atoms with Gasteiger partial charge in [0, 0.05) is 18.7 Å². The molecule has 1 amide bonds. The van der Waals surface area contributed by atoms with Crippen molar-refractivity contribution < 1.29 is 13.9 Å². The van der Waals surface area contributed by atoms with Gasteiger partial charge in [0.05, 0.1) is 24.0 Å². The topological polar surface area (TPSA) is 54.7 Å². The number of halogens is 1. The number of methoxy groups -OCH3 is 1. The van der Waals surface area contributed by atoms with Crippen molar-refractivity contribution in [2.24, 2.45) is 0 Å². The Kier molecular flexibility index (Phi) is 5.46. The second-order valence-electron chi connectivity index (χ2n) is 4.62. The first-order valence-corrected chi connectivity index (χ1v) is 7.45. The van der Waals surface area contributed by atoms with Crippen molar-refractivity contribution in [2.45, 2.75) is 13.8 Å². The number of rotatable bonds is 6. The van der Waals surface area contributed by atoms with Gasteiger partial charge in [-0.1, -0.05) is 25.4 Å². The van der Waals surface area contributed by atoms with Crippen LogP contribution in [0.3, 0.4) is 0 Å². The summed E-state index contributed by atoms with van der Waals surface area (Å²) in [6, 6.07) is 6.88. The highest BCUT2D eigenvalue weighted by atomic mass is 35.5. The van der Waals surface area contributed by atoms with E-state index < -0.39 is 0 Å². The molecule has 1 aromatic heterocycles. The number of carbonyl (C=O) groups excluding carboxylic acids is 1. The number of hydrogen-bond donors (Lipinski definition) is 1. The van der Waals surface area contributed by atoms with Gasteiger partial charge in [-0.05, 0) is 24.3 Å². The first-order chi connectivity index (χ1) is 10.6. The third kappa shape index (κ3) is 3.43. The zero-order valence-electron chi connectivity index (χ0n) is 12.9. The van der Waals surface area contributed by atoms with Gasteiger partial charge in [0.2, 0.25) is 0 Å². The van der Waals surface area contributed by atoms with Crippen LogP contribution < -0.4 is 10.2 Å². The zero-order valence-corrected chi connectivity index (χ0v) is 13.6. The van der Waals surface area contributed by atoms with Crippen LogP contribution in [0.5, 0.6) is 5.75 Å². The molecule has 0 aliphatic carbocycles. The minimum Gasteiger partial charge on any atom is -0.496 e. The Labute approximate surface area is 134 Å². The molecule has 0 unspecified atom stereocenters. The Morgan fingerprint density at radius 2 is 2.09 bits per heavy atom. The number of hydrogen-bond acceptors (Lipinski definition) is 4. The molecule has 1 N–H and O–H groups in total. The van der Waals surface area contributed by atoms with Gasteiger partial charge in [0.25, 0.3) is 5.91 Å². The minimum absolute atomic E-state index is 0.256. The normalized spacial score (nSPS) is 10.8. The molecular weight excluding hydrogens is 304 g/mol. The SMILES string of the molecule is CCN(CC)NC(=O)c1cc(Cl)c(-c2ccco2)cc1OC. The standard InChI is InChI=1S/C16H19ClN2O3/c1-4-19(5-2)18-16(20)12-9-13(17)11(10-15(12)21-3)14-7-6-8-22-14/h6-10H,4-5H2,1-3H3,(H,18,20). The molecule has 0 fully saturated rings. The van der Waals surface area contributed by atoms with E-state index in [-0.39, 0.29) is 5.91 Å². The molecule has 5 nitrogen and oxygen atoms in total. The van der Waals surface area contributed by atoms with Gasteiger partial charge in [0.15, 0.2) is 0 Å². The number of carbonyl (C=O) groups is 1. The Bertz CT molecular complexity index is 637. The van der Waals surface area contributed by atoms with Crippen molar-refractivity contribution in [3.8, 4) is 17.1 Å². The lowest BCUT2D eigenvalue weighted by Crippen LogP contribution is -2.41. The summed E-state index contributed by atoms with van der Waals surface area (Å²) >= 11 is 6.29. The molecular formula is C16H19ClN2O3. The molecule has 6 heteroatoms. The molecule has 118 valence electrons. The number of benzene rings is 1. The van der Waals surface area contributed by atoms with Crippen molar-refractivity contribution in [2.75, 3.05) is 20.2 Å². The summed E-state index contributed by atoms with van der Waals surface area (Å²) in [5.74, 6) is 0.813. The van der Waals surface area contributed by atoms with Gasteiger partial charge in [-0.25, -0.2) is 5.01 Å². The summed E-state index contributed by atoms with van der Waals surface area (Å²) in [5.41, 5.74) is 3.89. The molecule has 0 bridgehead atoms. The Morgan fingerprint density at radius 3 is 2.64 bits per heavy atom. The maximum Gasteiger partial charge on any atom is 0.269 e. The van der Waals surface area contributed by atoms with E-state index in [2.05, 4.69) is 5.43 Å². The molecule has 0 atom stereocenters. The quantitative estimate of drug-likeness (QED) is 0.826. The number of ether oxygens (including phenoxy) is 1. The first kappa shape index (κ1) is 16.4. The number of amides is 1. The van der Waals surface area contributed by atoms with Crippen LogP contribution in [-0.4, -0.2) is 31.1 Å². The van der Waals surface area contributed by atoms with Gasteiger partial charge in [-0.2, -0.15) is 0 Å². The molecule has 22 heavy (non-hydrogen) atoms. The van der Waals surface area contributed by atoms with Gasteiger partial charge in [-0.15, -0.1) is 0 Å². The highest BCUT2D eigenvalue weighted by molar-refractivity contribution is 6.33. The lowest BCUT2D eigenvalue weighted by atomic mass is 10.1. The zero-order chi connectivity index (χ0) is 16.1. The summed E-state index contributed by atoms with van der Waals surface area (Å²) in [4.78, 5) is 12.4. The van der Waals surface area contributed by atoms with E-state index in [0.717, 1.165) is 0 Å². The van der Waals surface area contributed by atoms with E-state index in [1.807, 2.05) is 13.8 Å². The average molecular weight is 323 g/mol. The fourth-order valence-electron chi connectivity index (χ4n) is 2.11. The Balaban J connectivity index is 2.36. The van der Waals surface area contributed by atoms with Crippen LogP contribution in [-0.2, 0) is 0 Å². The van der Waals surface area contributed by atoms with Crippen LogP contribution in [0.4, 0.5) is 0 Å². The van der Waals surface area contributed by atoms with Crippen molar-refractivity contribution in [1.29, 1.82) is 0 Å². The second-order valence-corrected chi connectivity index (χ2v) is 5.03. The van der Waals surface area contributed by atoms with Crippen molar-refractivity contribution in [3.05, 3.63) is 41.1 Å². The monoisotopic (exact) mass is 322 g/mol. The van der Waals surface area contributed by atoms with E-state index in [9.17, 15) is 4.79 Å². The third-order valence-corrected chi connectivity index (χ3v) is 3.66. The lowest BCUT2D eigenvalue weighted by Gasteiger charge is -2.20. The summed E-state index contributed by atoms with van der Waals surface area (Å²) < 4.78 is 10.7. The molecule has 1 heterocycles. The molecule has 0 radical (unpaired) electrons. The van der Waals surface area contributed by atoms with Crippen LogP contribution in [0.25, 0.3) is 11.3 Å². The lowest BCUT2D eigenvalue weighted by molar-refractivity contribution is 0.0802. The number of nitrogens with zero attached hydrogens (tertiary/aromatic N) is 1. The van der Waals surface area contributed by atoms with Crippen molar-refractivity contribution in [1.82, 2.24) is 10.4 Å². The largest absolute Gasteiger partial charge is 0.496 e. The second kappa shape index (κ2) is 7.33. The van der Waals surface area contributed by atoms with Crippen LogP contribution in [0.2, 0.25) is 5.02 Å². The predicted molar refractivity (Wildman–Crippen MR) is 86.1 cm³/mol.